The predicted octanol–water partition coefficient (Wildman–Crippen LogP) is 1.29. The van der Waals surface area contributed by atoms with Crippen molar-refractivity contribution in [2.24, 2.45) is 0 Å². The number of rotatable bonds is 1. The van der Waals surface area contributed by atoms with Gasteiger partial charge in [0.1, 0.15) is 0 Å². The molecule has 0 N–H and O–H groups in total. The summed E-state index contributed by atoms with van der Waals surface area (Å²) in [5.74, 6) is 0. The van der Waals surface area contributed by atoms with Gasteiger partial charge in [-0.1, -0.05) is 0 Å². The van der Waals surface area contributed by atoms with Crippen LogP contribution in [0, 0.1) is 0 Å². The Hall–Kier alpha value is 0.759. The van der Waals surface area contributed by atoms with Crippen LogP contribution in [0.25, 0.3) is 0 Å². The Bertz CT molecular complexity index is 44.9. The molecule has 0 spiro atoms. The molecule has 0 unspecified atom stereocenters. The molecule has 0 atom stereocenters. The van der Waals surface area contributed by atoms with E-state index in [1.807, 2.05) is 0 Å². The first kappa shape index (κ1) is 5.76. The van der Waals surface area contributed by atoms with E-state index in [9.17, 15) is 4.39 Å². The van der Waals surface area contributed by atoms with Crippen molar-refractivity contribution in [3.63, 3.8) is 0 Å². The average Bonchev–Trinajstić information content (AvgIpc) is 1.38. The van der Waals surface area contributed by atoms with Crippen LogP contribution in [0.5, 0.6) is 0 Å². The molecule has 0 heterocycles. The molecule has 0 fully saturated rings. The van der Waals surface area contributed by atoms with Crippen molar-refractivity contribution in [2.75, 3.05) is 0 Å². The van der Waals surface area contributed by atoms with E-state index in [-0.39, 0.29) is 3.84 Å². The number of hydrogen-bond donors (Lipinski definition) is 0. The normalized spacial score (nSPS) is 7.60. The molecule has 2 radical (unpaired) electrons. The zero-order valence-electron chi connectivity index (χ0n) is 2.46. The van der Waals surface area contributed by atoms with Gasteiger partial charge in [0, 0.05) is 0 Å². The third-order valence-electron chi connectivity index (χ3n) is 0.103. The molecule has 0 aromatic heterocycles. The van der Waals surface area contributed by atoms with Crippen LogP contribution in [-0.2, 0) is 0 Å². The summed E-state index contributed by atoms with van der Waals surface area (Å²) < 4.78 is 10.9. The monoisotopic (exact) mass is 200 g/mol. The minimum atomic E-state index is -1.25. The molecule has 3 heteroatoms. The van der Waals surface area contributed by atoms with Gasteiger partial charge in [-0.25, -0.2) is 0 Å². The van der Waals surface area contributed by atoms with Crippen LogP contribution in [0.15, 0.2) is 10.4 Å². The maximum absolute atomic E-state index is 11.2. The Labute approximate surface area is 43.9 Å². The van der Waals surface area contributed by atoms with E-state index >= 15 is 0 Å². The van der Waals surface area contributed by atoms with Crippen molar-refractivity contribution in [1.29, 1.82) is 0 Å². The van der Waals surface area contributed by atoms with E-state index in [4.69, 9.17) is 8.92 Å². The number of hydrogen-bond acceptors (Lipinski definition) is 0. The SMILES string of the molecule is C=[C](F)[Sn][Cl]. The van der Waals surface area contributed by atoms with Crippen molar-refractivity contribution in [3.05, 3.63) is 10.4 Å². The van der Waals surface area contributed by atoms with Gasteiger partial charge in [-0.3, -0.25) is 0 Å². The van der Waals surface area contributed by atoms with E-state index in [1.54, 1.807) is 0 Å². The molecule has 0 bridgehead atoms. The van der Waals surface area contributed by atoms with Crippen molar-refractivity contribution >= 4 is 28.9 Å². The van der Waals surface area contributed by atoms with Gasteiger partial charge in [0.15, 0.2) is 0 Å². The second kappa shape index (κ2) is 2.97. The zero-order chi connectivity index (χ0) is 4.28. The van der Waals surface area contributed by atoms with Crippen molar-refractivity contribution in [2.45, 2.75) is 0 Å². The summed E-state index contributed by atoms with van der Waals surface area (Å²) in [6.45, 7) is 2.95. The summed E-state index contributed by atoms with van der Waals surface area (Å²) in [4.78, 5) is 0. The molecule has 28 valence electrons. The summed E-state index contributed by atoms with van der Waals surface area (Å²) in [6.07, 6.45) is 0. The van der Waals surface area contributed by atoms with E-state index in [0.717, 1.165) is 0 Å². The van der Waals surface area contributed by atoms with Gasteiger partial charge >= 0.3 is 43.7 Å². The van der Waals surface area contributed by atoms with Crippen LogP contribution in [-0.4, -0.2) is 20.0 Å². The van der Waals surface area contributed by atoms with Gasteiger partial charge in [0.05, 0.1) is 0 Å². The number of halogens is 2. The topological polar surface area (TPSA) is 0 Å². The van der Waals surface area contributed by atoms with Crippen molar-refractivity contribution < 1.29 is 4.39 Å². The van der Waals surface area contributed by atoms with Gasteiger partial charge in [-0.05, 0) is 0 Å². The van der Waals surface area contributed by atoms with Crippen LogP contribution in [0.3, 0.4) is 0 Å². The molecule has 0 aliphatic carbocycles. The van der Waals surface area contributed by atoms with E-state index in [2.05, 4.69) is 6.58 Å². The summed E-state index contributed by atoms with van der Waals surface area (Å²) in [7, 11) is 5.03. The Morgan fingerprint density at radius 3 is 2.20 bits per heavy atom. The molecule has 0 aromatic rings. The third kappa shape index (κ3) is 4.76. The van der Waals surface area contributed by atoms with E-state index in [1.165, 1.54) is 0 Å². The maximum atomic E-state index is 11.2. The van der Waals surface area contributed by atoms with Gasteiger partial charge in [0.2, 0.25) is 0 Å². The summed E-state index contributed by atoms with van der Waals surface area (Å²) >= 11 is -1.25. The fourth-order valence-electron chi connectivity index (χ4n) is 0. The van der Waals surface area contributed by atoms with Crippen molar-refractivity contribution in [3.8, 4) is 0 Å². The molecule has 0 nitrogen and oxygen atoms in total. The Morgan fingerprint density at radius 1 is 2.00 bits per heavy atom. The van der Waals surface area contributed by atoms with Gasteiger partial charge in [0.25, 0.3) is 0 Å². The van der Waals surface area contributed by atoms with Gasteiger partial charge in [-0.2, -0.15) is 0 Å². The van der Waals surface area contributed by atoms with Crippen LogP contribution < -0.4 is 0 Å². The molecule has 0 amide bonds. The van der Waals surface area contributed by atoms with Crippen LogP contribution in [0.1, 0.15) is 0 Å². The molecule has 0 rings (SSSR count). The molecular weight excluding hydrogens is 197 g/mol. The average molecular weight is 199 g/mol. The summed E-state index contributed by atoms with van der Waals surface area (Å²) in [5, 5.41) is 0. The zero-order valence-corrected chi connectivity index (χ0v) is 6.07. The first-order valence-corrected chi connectivity index (χ1v) is 6.02. The van der Waals surface area contributed by atoms with E-state index in [0.29, 0.717) is 0 Å². The van der Waals surface area contributed by atoms with Gasteiger partial charge < -0.3 is 0 Å². The van der Waals surface area contributed by atoms with Crippen LogP contribution >= 0.6 is 8.92 Å². The standard InChI is InChI=1S/C2H2F.ClH.Sn/c1-2-3;;/h1H2;1H;/q;;+1/p-1. The summed E-state index contributed by atoms with van der Waals surface area (Å²) in [5.41, 5.74) is 0. The quantitative estimate of drug-likeness (QED) is 0.558. The second-order valence-corrected chi connectivity index (χ2v) is 3.85. The van der Waals surface area contributed by atoms with Crippen LogP contribution in [0.4, 0.5) is 4.39 Å². The Balaban J connectivity index is 2.85. The third-order valence-corrected chi connectivity index (χ3v) is 2.06. The second-order valence-electron chi connectivity index (χ2n) is 0.499. The molecule has 0 aromatic carbocycles. The van der Waals surface area contributed by atoms with Crippen molar-refractivity contribution in [1.82, 2.24) is 0 Å². The first-order valence-electron chi connectivity index (χ1n) is 0.982. The fraction of sp³-hybridized carbons (Fsp3) is 0. The summed E-state index contributed by atoms with van der Waals surface area (Å²) in [6, 6.07) is 0. The first-order chi connectivity index (χ1) is 2.27. The molecular formula is C2H2ClFSn. The molecule has 0 saturated heterocycles. The van der Waals surface area contributed by atoms with Crippen LogP contribution in [0.2, 0.25) is 0 Å². The molecule has 0 aliphatic heterocycles. The molecule has 0 saturated carbocycles. The van der Waals surface area contributed by atoms with E-state index < -0.39 is 20.0 Å². The van der Waals surface area contributed by atoms with Gasteiger partial charge in [-0.15, -0.1) is 0 Å². The predicted molar refractivity (Wildman–Crippen MR) is 21.9 cm³/mol. The Morgan fingerprint density at radius 2 is 2.20 bits per heavy atom. The Kier molecular flexibility index (Phi) is 3.42. The molecule has 5 heavy (non-hydrogen) atoms. The molecule has 0 aliphatic rings. The minimum absolute atomic E-state index is 0.310. The fourth-order valence-corrected chi connectivity index (χ4v) is 0.